The van der Waals surface area contributed by atoms with Gasteiger partial charge in [-0.1, -0.05) is 23.2 Å². The molecule has 0 bridgehead atoms. The normalized spacial score (nSPS) is 20.4. The van der Waals surface area contributed by atoms with Crippen molar-refractivity contribution in [3.8, 4) is 0 Å². The predicted molar refractivity (Wildman–Crippen MR) is 69.2 cm³/mol. The zero-order valence-electron chi connectivity index (χ0n) is 9.53. The molecule has 0 saturated carbocycles. The lowest BCUT2D eigenvalue weighted by atomic mass is 10.0. The van der Waals surface area contributed by atoms with Gasteiger partial charge in [0.2, 0.25) is 11.8 Å². The Morgan fingerprint density at radius 1 is 1.33 bits per heavy atom. The van der Waals surface area contributed by atoms with E-state index in [4.69, 9.17) is 28.9 Å². The standard InChI is InChI=1S/C12H12Cl2N2O2/c13-8-1-2-9(14)7(5-8)6-16-11(17)4-3-10(15)12(16)18/h1-2,5,10H,3-4,6,15H2. The minimum Gasteiger partial charge on any atom is -0.320 e. The van der Waals surface area contributed by atoms with Crippen molar-refractivity contribution < 1.29 is 9.59 Å². The third-order valence-electron chi connectivity index (χ3n) is 2.89. The highest BCUT2D eigenvalue weighted by molar-refractivity contribution is 6.33. The van der Waals surface area contributed by atoms with Crippen molar-refractivity contribution in [3.63, 3.8) is 0 Å². The first-order chi connectivity index (χ1) is 8.49. The molecule has 1 heterocycles. The summed E-state index contributed by atoms with van der Waals surface area (Å²) in [7, 11) is 0. The molecule has 2 rings (SSSR count). The van der Waals surface area contributed by atoms with E-state index in [2.05, 4.69) is 0 Å². The summed E-state index contributed by atoms with van der Waals surface area (Å²) in [6.45, 7) is 0.116. The molecule has 96 valence electrons. The number of benzene rings is 1. The number of nitrogens with two attached hydrogens (primary N) is 1. The van der Waals surface area contributed by atoms with Gasteiger partial charge in [0.15, 0.2) is 0 Å². The fourth-order valence-corrected chi connectivity index (χ4v) is 2.23. The summed E-state index contributed by atoms with van der Waals surface area (Å²) in [5.74, 6) is -0.583. The van der Waals surface area contributed by atoms with Gasteiger partial charge in [0.25, 0.3) is 0 Å². The molecule has 6 heteroatoms. The van der Waals surface area contributed by atoms with E-state index in [0.717, 1.165) is 4.90 Å². The quantitative estimate of drug-likeness (QED) is 0.846. The Hall–Kier alpha value is -1.10. The molecule has 0 radical (unpaired) electrons. The molecule has 1 atom stereocenters. The van der Waals surface area contributed by atoms with Crippen LogP contribution in [0.2, 0.25) is 10.0 Å². The van der Waals surface area contributed by atoms with E-state index in [1.165, 1.54) is 0 Å². The third-order valence-corrected chi connectivity index (χ3v) is 3.49. The van der Waals surface area contributed by atoms with Crippen molar-refractivity contribution in [2.75, 3.05) is 0 Å². The molecule has 2 N–H and O–H groups in total. The summed E-state index contributed by atoms with van der Waals surface area (Å²) < 4.78 is 0. The summed E-state index contributed by atoms with van der Waals surface area (Å²) in [5, 5.41) is 0.981. The van der Waals surface area contributed by atoms with Crippen LogP contribution in [0.5, 0.6) is 0 Å². The second kappa shape index (κ2) is 5.26. The van der Waals surface area contributed by atoms with E-state index >= 15 is 0 Å². The molecule has 1 unspecified atom stereocenters. The second-order valence-corrected chi connectivity index (χ2v) is 5.04. The van der Waals surface area contributed by atoms with Gasteiger partial charge in [-0.15, -0.1) is 0 Å². The summed E-state index contributed by atoms with van der Waals surface area (Å²) in [4.78, 5) is 24.7. The lowest BCUT2D eigenvalue weighted by Crippen LogP contribution is -2.50. The Labute approximate surface area is 115 Å². The number of carbonyl (C=O) groups is 2. The van der Waals surface area contributed by atoms with E-state index in [1.807, 2.05) is 0 Å². The van der Waals surface area contributed by atoms with Crippen molar-refractivity contribution >= 4 is 35.0 Å². The smallest absolute Gasteiger partial charge is 0.246 e. The minimum atomic E-state index is -0.611. The molecule has 1 aromatic rings. The van der Waals surface area contributed by atoms with Gasteiger partial charge in [-0.05, 0) is 30.2 Å². The molecule has 1 saturated heterocycles. The molecule has 0 aromatic heterocycles. The fourth-order valence-electron chi connectivity index (χ4n) is 1.86. The topological polar surface area (TPSA) is 63.4 Å². The Balaban J connectivity index is 2.24. The van der Waals surface area contributed by atoms with Crippen molar-refractivity contribution in [2.45, 2.75) is 25.4 Å². The number of hydrogen-bond donors (Lipinski definition) is 1. The molecule has 2 amide bonds. The average Bonchev–Trinajstić information content (AvgIpc) is 2.34. The van der Waals surface area contributed by atoms with Crippen LogP contribution in [-0.2, 0) is 16.1 Å². The number of rotatable bonds is 2. The molecule has 1 aromatic carbocycles. The van der Waals surface area contributed by atoms with E-state index in [-0.39, 0.29) is 24.8 Å². The Kier molecular flexibility index (Phi) is 3.90. The number of piperidine rings is 1. The van der Waals surface area contributed by atoms with Gasteiger partial charge in [-0.25, -0.2) is 0 Å². The van der Waals surface area contributed by atoms with Crippen molar-refractivity contribution in [2.24, 2.45) is 5.73 Å². The summed E-state index contributed by atoms with van der Waals surface area (Å²) in [6, 6.07) is 4.32. The van der Waals surface area contributed by atoms with Crippen LogP contribution in [0.3, 0.4) is 0 Å². The van der Waals surface area contributed by atoms with Gasteiger partial charge < -0.3 is 5.73 Å². The zero-order chi connectivity index (χ0) is 13.3. The Morgan fingerprint density at radius 2 is 2.06 bits per heavy atom. The van der Waals surface area contributed by atoms with Crippen LogP contribution >= 0.6 is 23.2 Å². The van der Waals surface area contributed by atoms with E-state index in [1.54, 1.807) is 18.2 Å². The van der Waals surface area contributed by atoms with E-state index in [9.17, 15) is 9.59 Å². The maximum atomic E-state index is 11.8. The second-order valence-electron chi connectivity index (χ2n) is 4.20. The van der Waals surface area contributed by atoms with Crippen LogP contribution in [0.1, 0.15) is 18.4 Å². The highest BCUT2D eigenvalue weighted by Gasteiger charge is 2.32. The fraction of sp³-hybridized carbons (Fsp3) is 0.333. The maximum absolute atomic E-state index is 11.8. The van der Waals surface area contributed by atoms with Crippen LogP contribution in [-0.4, -0.2) is 22.8 Å². The largest absolute Gasteiger partial charge is 0.320 e. The van der Waals surface area contributed by atoms with Gasteiger partial charge >= 0.3 is 0 Å². The van der Waals surface area contributed by atoms with Gasteiger partial charge in [0.05, 0.1) is 12.6 Å². The summed E-state index contributed by atoms with van der Waals surface area (Å²) >= 11 is 11.9. The van der Waals surface area contributed by atoms with Crippen molar-refractivity contribution in [3.05, 3.63) is 33.8 Å². The van der Waals surface area contributed by atoms with Gasteiger partial charge in [-0.2, -0.15) is 0 Å². The highest BCUT2D eigenvalue weighted by Crippen LogP contribution is 2.24. The predicted octanol–water partition coefficient (Wildman–Crippen LogP) is 1.97. The maximum Gasteiger partial charge on any atom is 0.246 e. The molecule has 0 aliphatic carbocycles. The zero-order valence-corrected chi connectivity index (χ0v) is 11.0. The van der Waals surface area contributed by atoms with Gasteiger partial charge in [-0.3, -0.25) is 14.5 Å². The van der Waals surface area contributed by atoms with Crippen LogP contribution in [0.25, 0.3) is 0 Å². The molecule has 4 nitrogen and oxygen atoms in total. The van der Waals surface area contributed by atoms with Crippen molar-refractivity contribution in [1.29, 1.82) is 0 Å². The summed E-state index contributed by atoms with van der Waals surface area (Å²) in [5.41, 5.74) is 6.29. The first-order valence-electron chi connectivity index (χ1n) is 5.53. The lowest BCUT2D eigenvalue weighted by Gasteiger charge is -2.29. The SMILES string of the molecule is NC1CCC(=O)N(Cc2cc(Cl)ccc2Cl)C1=O. The number of hydrogen-bond acceptors (Lipinski definition) is 3. The molecule has 1 aliphatic rings. The molecule has 1 fully saturated rings. The number of likely N-dealkylation sites (tertiary alicyclic amines) is 1. The highest BCUT2D eigenvalue weighted by atomic mass is 35.5. The average molecular weight is 287 g/mol. The number of nitrogens with zero attached hydrogens (tertiary/aromatic N) is 1. The monoisotopic (exact) mass is 286 g/mol. The first-order valence-corrected chi connectivity index (χ1v) is 6.28. The molecular weight excluding hydrogens is 275 g/mol. The van der Waals surface area contributed by atoms with Crippen LogP contribution in [0.4, 0.5) is 0 Å². The summed E-state index contributed by atoms with van der Waals surface area (Å²) in [6.07, 6.45) is 0.683. The van der Waals surface area contributed by atoms with Gasteiger partial charge in [0.1, 0.15) is 0 Å². The van der Waals surface area contributed by atoms with E-state index in [0.29, 0.717) is 22.0 Å². The van der Waals surface area contributed by atoms with Crippen LogP contribution in [0, 0.1) is 0 Å². The number of imide groups is 1. The minimum absolute atomic E-state index is 0.116. The lowest BCUT2D eigenvalue weighted by molar-refractivity contribution is -0.149. The Bertz CT molecular complexity index is 505. The molecule has 18 heavy (non-hydrogen) atoms. The van der Waals surface area contributed by atoms with E-state index < -0.39 is 6.04 Å². The first kappa shape index (κ1) is 13.3. The Morgan fingerprint density at radius 3 is 2.78 bits per heavy atom. The number of amides is 2. The third kappa shape index (κ3) is 2.66. The van der Waals surface area contributed by atoms with Crippen LogP contribution < -0.4 is 5.73 Å². The number of carbonyl (C=O) groups excluding carboxylic acids is 2. The van der Waals surface area contributed by atoms with Crippen molar-refractivity contribution in [1.82, 2.24) is 4.90 Å². The molecule has 1 aliphatic heterocycles. The van der Waals surface area contributed by atoms with Gasteiger partial charge in [0, 0.05) is 16.5 Å². The molecule has 0 spiro atoms. The van der Waals surface area contributed by atoms with Crippen LogP contribution in [0.15, 0.2) is 18.2 Å². The molecular formula is C12H12Cl2N2O2. The number of halogens is 2.